The van der Waals surface area contributed by atoms with Crippen molar-refractivity contribution in [2.75, 3.05) is 25.5 Å². The highest BCUT2D eigenvalue weighted by Gasteiger charge is 2.26. The number of guanidine groups is 1. The zero-order chi connectivity index (χ0) is 18.5. The van der Waals surface area contributed by atoms with Crippen LogP contribution in [0.1, 0.15) is 30.4 Å². The Morgan fingerprint density at radius 1 is 1.42 bits per heavy atom. The third kappa shape index (κ3) is 4.41. The van der Waals surface area contributed by atoms with Gasteiger partial charge in [-0.1, -0.05) is 12.1 Å². The second-order valence-electron chi connectivity index (χ2n) is 6.66. The molecule has 0 aliphatic carbocycles. The van der Waals surface area contributed by atoms with Crippen molar-refractivity contribution in [1.29, 1.82) is 0 Å². The number of likely N-dealkylation sites (tertiary alicyclic amines) is 1. The molecule has 1 aliphatic heterocycles. The van der Waals surface area contributed by atoms with Crippen LogP contribution in [0.25, 0.3) is 0 Å². The molecule has 1 unspecified atom stereocenters. The summed E-state index contributed by atoms with van der Waals surface area (Å²) in [7, 11) is 3.76. The van der Waals surface area contributed by atoms with Crippen molar-refractivity contribution in [3.8, 4) is 0 Å². The number of anilines is 1. The number of aromatic nitrogens is 2. The number of aryl methyl sites for hydroxylation is 1. The van der Waals surface area contributed by atoms with Crippen LogP contribution in [0.4, 0.5) is 5.69 Å². The molecule has 1 atom stereocenters. The maximum absolute atomic E-state index is 11.2. The number of carbonyl (C=O) groups is 1. The van der Waals surface area contributed by atoms with Gasteiger partial charge in [0.25, 0.3) is 0 Å². The Labute approximate surface area is 154 Å². The van der Waals surface area contributed by atoms with Gasteiger partial charge >= 0.3 is 0 Å². The first-order valence-electron chi connectivity index (χ1n) is 8.86. The van der Waals surface area contributed by atoms with Crippen LogP contribution in [0.2, 0.25) is 0 Å². The van der Waals surface area contributed by atoms with Crippen LogP contribution in [0.15, 0.2) is 41.7 Å². The zero-order valence-electron chi connectivity index (χ0n) is 15.6. The molecule has 26 heavy (non-hydrogen) atoms. The van der Waals surface area contributed by atoms with Gasteiger partial charge in [-0.3, -0.25) is 14.5 Å². The average Bonchev–Trinajstić information content (AvgIpc) is 3.24. The standard InChI is InChI=1S/C19H26N6O/c1-14(26)23-18-6-4-5-15(9-18)10-21-19(20-2)25-8-7-16(13-25)17-11-22-24(3)12-17/h4-6,9,11-12,16H,7-8,10,13H2,1-3H3,(H,20,21)(H,23,26). The molecular weight excluding hydrogens is 328 g/mol. The number of nitrogens with one attached hydrogen (secondary N) is 2. The Morgan fingerprint density at radius 3 is 2.96 bits per heavy atom. The first-order chi connectivity index (χ1) is 12.5. The first-order valence-corrected chi connectivity index (χ1v) is 8.86. The quantitative estimate of drug-likeness (QED) is 0.650. The monoisotopic (exact) mass is 354 g/mol. The molecule has 1 aromatic heterocycles. The van der Waals surface area contributed by atoms with E-state index >= 15 is 0 Å². The zero-order valence-corrected chi connectivity index (χ0v) is 15.6. The van der Waals surface area contributed by atoms with Gasteiger partial charge in [-0.2, -0.15) is 5.10 Å². The minimum absolute atomic E-state index is 0.0653. The Kier molecular flexibility index (Phi) is 5.55. The van der Waals surface area contributed by atoms with Crippen LogP contribution in [0.3, 0.4) is 0 Å². The van der Waals surface area contributed by atoms with Gasteiger partial charge in [0.1, 0.15) is 0 Å². The maximum Gasteiger partial charge on any atom is 0.221 e. The summed E-state index contributed by atoms with van der Waals surface area (Å²) in [4.78, 5) is 17.9. The van der Waals surface area contributed by atoms with E-state index in [1.54, 1.807) is 0 Å². The molecule has 1 aromatic carbocycles. The van der Waals surface area contributed by atoms with Crippen LogP contribution in [0, 0.1) is 0 Å². The van der Waals surface area contributed by atoms with Gasteiger partial charge in [0.05, 0.1) is 6.20 Å². The van der Waals surface area contributed by atoms with E-state index in [0.717, 1.165) is 36.7 Å². The second-order valence-corrected chi connectivity index (χ2v) is 6.66. The molecule has 0 bridgehead atoms. The first kappa shape index (κ1) is 18.0. The van der Waals surface area contributed by atoms with Crippen molar-refractivity contribution in [3.63, 3.8) is 0 Å². The minimum atomic E-state index is -0.0653. The molecule has 1 aliphatic rings. The Hall–Kier alpha value is -2.83. The van der Waals surface area contributed by atoms with Gasteiger partial charge in [0.15, 0.2) is 5.96 Å². The number of aliphatic imine (C=N–C) groups is 1. The summed E-state index contributed by atoms with van der Waals surface area (Å²) in [5.74, 6) is 1.33. The molecule has 1 saturated heterocycles. The molecule has 0 spiro atoms. The van der Waals surface area contributed by atoms with E-state index in [1.165, 1.54) is 12.5 Å². The Bertz CT molecular complexity index is 797. The van der Waals surface area contributed by atoms with E-state index in [9.17, 15) is 4.79 Å². The second kappa shape index (κ2) is 8.03. The fraction of sp³-hybridized carbons (Fsp3) is 0.421. The number of hydrogen-bond acceptors (Lipinski definition) is 3. The SMILES string of the molecule is CN=C(NCc1cccc(NC(C)=O)c1)N1CCC(c2cnn(C)c2)C1. The average molecular weight is 354 g/mol. The van der Waals surface area contributed by atoms with Crippen LogP contribution in [-0.4, -0.2) is 46.7 Å². The third-order valence-corrected chi connectivity index (χ3v) is 4.59. The van der Waals surface area contributed by atoms with Gasteiger partial charge < -0.3 is 15.5 Å². The van der Waals surface area contributed by atoms with Crippen LogP contribution < -0.4 is 10.6 Å². The molecule has 2 heterocycles. The summed E-state index contributed by atoms with van der Waals surface area (Å²) in [5, 5.41) is 10.5. The Morgan fingerprint density at radius 2 is 2.27 bits per heavy atom. The van der Waals surface area contributed by atoms with E-state index in [2.05, 4.69) is 31.8 Å². The summed E-state index contributed by atoms with van der Waals surface area (Å²) in [6.45, 7) is 4.09. The number of nitrogens with zero attached hydrogens (tertiary/aromatic N) is 4. The molecule has 138 valence electrons. The van der Waals surface area contributed by atoms with Crippen molar-refractivity contribution in [2.45, 2.75) is 25.8 Å². The summed E-state index contributed by atoms with van der Waals surface area (Å²) < 4.78 is 1.85. The summed E-state index contributed by atoms with van der Waals surface area (Å²) in [5.41, 5.74) is 3.19. The molecule has 7 nitrogen and oxygen atoms in total. The number of amides is 1. The van der Waals surface area contributed by atoms with Gasteiger partial charge in [-0.15, -0.1) is 0 Å². The molecule has 1 amide bonds. The van der Waals surface area contributed by atoms with Crippen molar-refractivity contribution in [3.05, 3.63) is 47.8 Å². The van der Waals surface area contributed by atoms with Crippen molar-refractivity contribution in [1.82, 2.24) is 20.0 Å². The van der Waals surface area contributed by atoms with Gasteiger partial charge in [-0.05, 0) is 29.7 Å². The number of rotatable bonds is 4. The van der Waals surface area contributed by atoms with Gasteiger partial charge in [-0.25, -0.2) is 0 Å². The van der Waals surface area contributed by atoms with Gasteiger partial charge in [0.2, 0.25) is 5.91 Å². The fourth-order valence-corrected chi connectivity index (χ4v) is 3.35. The fourth-order valence-electron chi connectivity index (χ4n) is 3.35. The lowest BCUT2D eigenvalue weighted by atomic mass is 10.0. The molecule has 0 radical (unpaired) electrons. The predicted molar refractivity (Wildman–Crippen MR) is 103 cm³/mol. The summed E-state index contributed by atoms with van der Waals surface area (Å²) >= 11 is 0. The molecule has 0 saturated carbocycles. The van der Waals surface area contributed by atoms with Crippen LogP contribution in [0.5, 0.6) is 0 Å². The third-order valence-electron chi connectivity index (χ3n) is 4.59. The van der Waals surface area contributed by atoms with E-state index in [-0.39, 0.29) is 5.91 Å². The number of benzene rings is 1. The molecule has 3 rings (SSSR count). The number of carbonyl (C=O) groups excluding carboxylic acids is 1. The Balaban J connectivity index is 1.58. The van der Waals surface area contributed by atoms with Crippen molar-refractivity contribution >= 4 is 17.6 Å². The van der Waals surface area contributed by atoms with Crippen LogP contribution in [-0.2, 0) is 18.4 Å². The highest BCUT2D eigenvalue weighted by molar-refractivity contribution is 5.88. The minimum Gasteiger partial charge on any atom is -0.352 e. The normalized spacial score (nSPS) is 17.4. The number of hydrogen-bond donors (Lipinski definition) is 2. The highest BCUT2D eigenvalue weighted by atomic mass is 16.1. The molecule has 1 fully saturated rings. The molecule has 7 heteroatoms. The predicted octanol–water partition coefficient (Wildman–Crippen LogP) is 1.94. The van der Waals surface area contributed by atoms with E-state index in [0.29, 0.717) is 12.5 Å². The topological polar surface area (TPSA) is 74.6 Å². The summed E-state index contributed by atoms with van der Waals surface area (Å²) in [6, 6.07) is 7.84. The van der Waals surface area contributed by atoms with E-state index < -0.39 is 0 Å². The summed E-state index contributed by atoms with van der Waals surface area (Å²) in [6.07, 6.45) is 5.15. The lowest BCUT2D eigenvalue weighted by molar-refractivity contribution is -0.114. The van der Waals surface area contributed by atoms with E-state index in [1.807, 2.05) is 49.2 Å². The lowest BCUT2D eigenvalue weighted by Crippen LogP contribution is -2.39. The molecule has 2 N–H and O–H groups in total. The molecular formula is C19H26N6O. The van der Waals surface area contributed by atoms with E-state index in [4.69, 9.17) is 0 Å². The maximum atomic E-state index is 11.2. The van der Waals surface area contributed by atoms with Crippen molar-refractivity contribution in [2.24, 2.45) is 12.0 Å². The van der Waals surface area contributed by atoms with Crippen LogP contribution >= 0.6 is 0 Å². The van der Waals surface area contributed by atoms with Gasteiger partial charge in [0, 0.05) is 58.5 Å². The molecule has 2 aromatic rings. The highest BCUT2D eigenvalue weighted by Crippen LogP contribution is 2.26. The smallest absolute Gasteiger partial charge is 0.221 e. The lowest BCUT2D eigenvalue weighted by Gasteiger charge is -2.21. The van der Waals surface area contributed by atoms with Crippen molar-refractivity contribution < 1.29 is 4.79 Å². The largest absolute Gasteiger partial charge is 0.352 e.